The molecule has 1 saturated carbocycles. The van der Waals surface area contributed by atoms with Gasteiger partial charge in [-0.05, 0) is 43.7 Å². The fourth-order valence-corrected chi connectivity index (χ4v) is 3.97. The van der Waals surface area contributed by atoms with Crippen molar-refractivity contribution in [2.24, 2.45) is 11.3 Å². The number of rotatable bonds is 10. The Kier molecular flexibility index (Phi) is 7.67. The second-order valence-corrected chi connectivity index (χ2v) is 7.96. The summed E-state index contributed by atoms with van der Waals surface area (Å²) in [5.41, 5.74) is -0.435. The predicted molar refractivity (Wildman–Crippen MR) is 102 cm³/mol. The van der Waals surface area contributed by atoms with Crippen LogP contribution in [-0.2, 0) is 9.53 Å². The van der Waals surface area contributed by atoms with Crippen LogP contribution >= 0.6 is 0 Å². The molecule has 0 heterocycles. The fourth-order valence-electron chi connectivity index (χ4n) is 3.97. The van der Waals surface area contributed by atoms with Crippen molar-refractivity contribution in [1.29, 1.82) is 0 Å². The minimum atomic E-state index is -0.914. The van der Waals surface area contributed by atoms with E-state index in [1.807, 2.05) is 6.07 Å². The summed E-state index contributed by atoms with van der Waals surface area (Å²) >= 11 is 0. The van der Waals surface area contributed by atoms with E-state index in [1.54, 1.807) is 24.3 Å². The van der Waals surface area contributed by atoms with Gasteiger partial charge in [-0.1, -0.05) is 64.2 Å². The number of hydrogen-bond acceptors (Lipinski definition) is 3. The van der Waals surface area contributed by atoms with E-state index in [0.717, 1.165) is 31.6 Å². The van der Waals surface area contributed by atoms with Crippen molar-refractivity contribution in [2.75, 3.05) is 0 Å². The van der Waals surface area contributed by atoms with Crippen molar-refractivity contribution in [2.45, 2.75) is 77.7 Å². The Balaban J connectivity index is 1.92. The molecule has 1 N–H and O–H groups in total. The molecule has 26 heavy (non-hydrogen) atoms. The molecule has 0 aliphatic heterocycles. The summed E-state index contributed by atoms with van der Waals surface area (Å²) in [5, 5.41) is 9.90. The Morgan fingerprint density at radius 1 is 1.15 bits per heavy atom. The molecule has 4 heteroatoms. The predicted octanol–water partition coefficient (Wildman–Crippen LogP) is 5.46. The molecule has 1 aliphatic carbocycles. The van der Waals surface area contributed by atoms with Gasteiger partial charge in [-0.3, -0.25) is 4.79 Å². The van der Waals surface area contributed by atoms with Crippen LogP contribution in [0.3, 0.4) is 0 Å². The average Bonchev–Trinajstić information content (AvgIpc) is 3.02. The molecule has 1 aliphatic rings. The Morgan fingerprint density at radius 3 is 2.50 bits per heavy atom. The van der Waals surface area contributed by atoms with Gasteiger partial charge in [-0.2, -0.15) is 0 Å². The van der Waals surface area contributed by atoms with Gasteiger partial charge in [0.1, 0.15) is 11.5 Å². The largest absolute Gasteiger partial charge is 0.481 e. The van der Waals surface area contributed by atoms with Crippen LogP contribution in [0, 0.1) is 11.3 Å². The van der Waals surface area contributed by atoms with Gasteiger partial charge in [-0.25, -0.2) is 4.79 Å². The van der Waals surface area contributed by atoms with E-state index in [2.05, 4.69) is 13.8 Å². The molecule has 0 saturated heterocycles. The number of carboxylic acids is 1. The summed E-state index contributed by atoms with van der Waals surface area (Å²) in [6.45, 7) is 4.45. The smallest absolute Gasteiger partial charge is 0.338 e. The quantitative estimate of drug-likeness (QED) is 0.444. The minimum Gasteiger partial charge on any atom is -0.481 e. The van der Waals surface area contributed by atoms with Crippen molar-refractivity contribution in [3.63, 3.8) is 0 Å². The number of carboxylic acid groups (broad SMARTS) is 1. The third-order valence-corrected chi connectivity index (χ3v) is 5.54. The first-order valence-corrected chi connectivity index (χ1v) is 9.95. The van der Waals surface area contributed by atoms with Crippen LogP contribution in [0.5, 0.6) is 0 Å². The highest BCUT2D eigenvalue weighted by molar-refractivity contribution is 5.90. The molecule has 2 atom stereocenters. The molecule has 144 valence electrons. The van der Waals surface area contributed by atoms with Crippen molar-refractivity contribution < 1.29 is 19.4 Å². The first-order valence-electron chi connectivity index (χ1n) is 9.95. The second kappa shape index (κ2) is 9.75. The summed E-state index contributed by atoms with van der Waals surface area (Å²) in [4.78, 5) is 24.4. The molecular formula is C22H32O4. The molecule has 4 nitrogen and oxygen atoms in total. The minimum absolute atomic E-state index is 0.417. The first kappa shape index (κ1) is 20.5. The van der Waals surface area contributed by atoms with E-state index in [9.17, 15) is 14.7 Å². The third-order valence-electron chi connectivity index (χ3n) is 5.54. The van der Waals surface area contributed by atoms with Crippen molar-refractivity contribution in [3.8, 4) is 0 Å². The highest BCUT2D eigenvalue weighted by Gasteiger charge is 2.51. The van der Waals surface area contributed by atoms with Crippen molar-refractivity contribution in [1.82, 2.24) is 0 Å². The van der Waals surface area contributed by atoms with Gasteiger partial charge < -0.3 is 9.84 Å². The van der Waals surface area contributed by atoms with Crippen molar-refractivity contribution >= 4 is 11.9 Å². The molecule has 1 aromatic rings. The second-order valence-electron chi connectivity index (χ2n) is 7.96. The molecule has 0 amide bonds. The van der Waals surface area contributed by atoms with Crippen molar-refractivity contribution in [3.05, 3.63) is 35.9 Å². The van der Waals surface area contributed by atoms with Gasteiger partial charge in [0.15, 0.2) is 0 Å². The number of carbonyl (C=O) groups is 2. The molecule has 0 aromatic heterocycles. The van der Waals surface area contributed by atoms with Gasteiger partial charge in [0, 0.05) is 0 Å². The van der Waals surface area contributed by atoms with Crippen LogP contribution in [-0.4, -0.2) is 23.1 Å². The van der Waals surface area contributed by atoms with E-state index in [4.69, 9.17) is 4.74 Å². The van der Waals surface area contributed by atoms with Crippen LogP contribution in [0.25, 0.3) is 0 Å². The number of hydrogen-bond donors (Lipinski definition) is 1. The van der Waals surface area contributed by atoms with Crippen LogP contribution in [0.2, 0.25) is 0 Å². The normalized spacial score (nSPS) is 22.5. The molecule has 1 fully saturated rings. The summed E-state index contributed by atoms with van der Waals surface area (Å²) in [7, 11) is 0. The molecule has 1 aromatic carbocycles. The van der Waals surface area contributed by atoms with Crippen LogP contribution in [0.1, 0.15) is 82.0 Å². The summed E-state index contributed by atoms with van der Waals surface area (Å²) in [6.07, 6.45) is 7.59. The summed E-state index contributed by atoms with van der Waals surface area (Å²) < 4.78 is 5.66. The lowest BCUT2D eigenvalue weighted by Crippen LogP contribution is -2.41. The average molecular weight is 360 g/mol. The van der Waals surface area contributed by atoms with Crippen LogP contribution < -0.4 is 0 Å². The van der Waals surface area contributed by atoms with E-state index in [-0.39, 0.29) is 0 Å². The Labute approximate surface area is 156 Å². The van der Waals surface area contributed by atoms with E-state index in [1.165, 1.54) is 12.8 Å². The van der Waals surface area contributed by atoms with E-state index < -0.39 is 23.5 Å². The number of unbranched alkanes of at least 4 members (excludes halogenated alkanes) is 3. The number of benzene rings is 1. The van der Waals surface area contributed by atoms with Gasteiger partial charge in [0.25, 0.3) is 0 Å². The monoisotopic (exact) mass is 360 g/mol. The summed E-state index contributed by atoms with van der Waals surface area (Å²) in [6, 6.07) is 8.82. The molecule has 0 spiro atoms. The van der Waals surface area contributed by atoms with Gasteiger partial charge in [-0.15, -0.1) is 0 Å². The van der Waals surface area contributed by atoms with Gasteiger partial charge in [0.05, 0.1) is 5.56 Å². The SMILES string of the molecule is CC(C)CCCCCCC1(C(=O)O)CCCC1OC(=O)c1ccccc1. The van der Waals surface area contributed by atoms with Gasteiger partial charge >= 0.3 is 11.9 Å². The molecule has 0 bridgehead atoms. The standard InChI is InChI=1S/C22H32O4/c1-17(2)11-6-3-4-9-15-22(21(24)25)16-10-14-19(22)26-20(23)18-12-7-5-8-13-18/h5,7-8,12-13,17,19H,3-4,6,9-11,14-16H2,1-2H3,(H,24,25). The molecule has 2 unspecified atom stereocenters. The lowest BCUT2D eigenvalue weighted by Gasteiger charge is -2.31. The maximum Gasteiger partial charge on any atom is 0.338 e. The Morgan fingerprint density at radius 2 is 1.85 bits per heavy atom. The Bertz CT molecular complexity index is 581. The van der Waals surface area contributed by atoms with Crippen LogP contribution in [0.4, 0.5) is 0 Å². The highest BCUT2D eigenvalue weighted by Crippen LogP contribution is 2.45. The topological polar surface area (TPSA) is 63.6 Å². The number of aliphatic carboxylic acids is 1. The zero-order valence-electron chi connectivity index (χ0n) is 16.1. The number of ether oxygens (including phenoxy) is 1. The first-order chi connectivity index (χ1) is 12.5. The fraction of sp³-hybridized carbons (Fsp3) is 0.636. The summed E-state index contributed by atoms with van der Waals surface area (Å²) in [5.74, 6) is -0.514. The maximum atomic E-state index is 12.4. The Hall–Kier alpha value is -1.84. The lowest BCUT2D eigenvalue weighted by molar-refractivity contribution is -0.155. The molecule has 2 rings (SSSR count). The molecule has 0 radical (unpaired) electrons. The number of esters is 1. The third kappa shape index (κ3) is 5.33. The zero-order chi connectivity index (χ0) is 19.0. The van der Waals surface area contributed by atoms with E-state index >= 15 is 0 Å². The molecular weight excluding hydrogens is 328 g/mol. The zero-order valence-corrected chi connectivity index (χ0v) is 16.1. The number of carbonyl (C=O) groups excluding carboxylic acids is 1. The van der Waals surface area contributed by atoms with Crippen LogP contribution in [0.15, 0.2) is 30.3 Å². The highest BCUT2D eigenvalue weighted by atomic mass is 16.5. The van der Waals surface area contributed by atoms with E-state index in [0.29, 0.717) is 24.8 Å². The van der Waals surface area contributed by atoms with Gasteiger partial charge in [0.2, 0.25) is 0 Å². The lowest BCUT2D eigenvalue weighted by atomic mass is 9.79. The maximum absolute atomic E-state index is 12.4.